The second-order valence-electron chi connectivity index (χ2n) is 4.83. The lowest BCUT2D eigenvalue weighted by Gasteiger charge is -2.15. The van der Waals surface area contributed by atoms with Crippen LogP contribution in [0.25, 0.3) is 0 Å². The first-order chi connectivity index (χ1) is 9.31. The van der Waals surface area contributed by atoms with E-state index in [4.69, 9.17) is 16.3 Å². The number of para-hydroxylation sites is 1. The van der Waals surface area contributed by atoms with Crippen LogP contribution in [0.15, 0.2) is 48.5 Å². The van der Waals surface area contributed by atoms with Gasteiger partial charge in [0.05, 0.1) is 0 Å². The highest BCUT2D eigenvalue weighted by molar-refractivity contribution is 6.30. The molecule has 0 fully saturated rings. The Balaban J connectivity index is 1.67. The van der Waals surface area contributed by atoms with Gasteiger partial charge in [0, 0.05) is 23.2 Å². The highest BCUT2D eigenvalue weighted by Crippen LogP contribution is 2.21. The molecule has 0 radical (unpaired) electrons. The van der Waals surface area contributed by atoms with Crippen LogP contribution in [0.5, 0.6) is 5.75 Å². The van der Waals surface area contributed by atoms with Gasteiger partial charge in [-0.2, -0.15) is 0 Å². The molecule has 1 aliphatic rings. The molecule has 0 aromatic heterocycles. The molecule has 3 heteroatoms. The van der Waals surface area contributed by atoms with E-state index in [1.54, 1.807) is 0 Å². The number of ether oxygens (including phenoxy) is 1. The van der Waals surface area contributed by atoms with Crippen molar-refractivity contribution in [3.05, 3.63) is 64.7 Å². The Labute approximate surface area is 118 Å². The minimum Gasteiger partial charge on any atom is -0.492 e. The van der Waals surface area contributed by atoms with Gasteiger partial charge < -0.3 is 10.1 Å². The van der Waals surface area contributed by atoms with Gasteiger partial charge in [0.15, 0.2) is 0 Å². The summed E-state index contributed by atoms with van der Waals surface area (Å²) in [5.74, 6) is 0.994. The first kappa shape index (κ1) is 12.5. The Kier molecular flexibility index (Phi) is 3.72. The summed E-state index contributed by atoms with van der Waals surface area (Å²) in [6.45, 7) is 1.55. The van der Waals surface area contributed by atoms with Gasteiger partial charge in [-0.25, -0.2) is 0 Å². The zero-order chi connectivity index (χ0) is 13.1. The monoisotopic (exact) mass is 273 g/mol. The smallest absolute Gasteiger partial charge is 0.123 e. The van der Waals surface area contributed by atoms with Crippen LogP contribution in [0.3, 0.4) is 0 Å². The van der Waals surface area contributed by atoms with Gasteiger partial charge >= 0.3 is 0 Å². The number of rotatable bonds is 2. The van der Waals surface area contributed by atoms with E-state index >= 15 is 0 Å². The Morgan fingerprint density at radius 1 is 1.11 bits per heavy atom. The summed E-state index contributed by atoms with van der Waals surface area (Å²) in [4.78, 5) is 0. The van der Waals surface area contributed by atoms with Gasteiger partial charge in [-0.05, 0) is 30.2 Å². The summed E-state index contributed by atoms with van der Waals surface area (Å²) < 4.78 is 5.87. The van der Waals surface area contributed by atoms with Gasteiger partial charge in [-0.15, -0.1) is 0 Å². The first-order valence-electron chi connectivity index (χ1n) is 6.50. The third kappa shape index (κ3) is 3.09. The van der Waals surface area contributed by atoms with Gasteiger partial charge in [0.1, 0.15) is 12.4 Å². The topological polar surface area (TPSA) is 21.3 Å². The van der Waals surface area contributed by atoms with Gasteiger partial charge in [-0.3, -0.25) is 0 Å². The first-order valence-corrected chi connectivity index (χ1v) is 6.87. The molecule has 0 aliphatic carbocycles. The molecule has 98 valence electrons. The van der Waals surface area contributed by atoms with Crippen molar-refractivity contribution < 1.29 is 4.74 Å². The zero-order valence-corrected chi connectivity index (χ0v) is 11.4. The lowest BCUT2D eigenvalue weighted by molar-refractivity contribution is 0.277. The van der Waals surface area contributed by atoms with Gasteiger partial charge in [0.25, 0.3) is 0 Å². The Morgan fingerprint density at radius 2 is 1.89 bits per heavy atom. The lowest BCUT2D eigenvalue weighted by atomic mass is 10.1. The predicted molar refractivity (Wildman–Crippen MR) is 77.7 cm³/mol. The highest BCUT2D eigenvalue weighted by atomic mass is 35.5. The van der Waals surface area contributed by atoms with E-state index < -0.39 is 0 Å². The zero-order valence-electron chi connectivity index (χ0n) is 10.6. The van der Waals surface area contributed by atoms with Gasteiger partial charge in [0.2, 0.25) is 0 Å². The summed E-state index contributed by atoms with van der Waals surface area (Å²) in [5.41, 5.74) is 2.50. The maximum Gasteiger partial charge on any atom is 0.123 e. The van der Waals surface area contributed by atoms with Gasteiger partial charge in [-0.1, -0.05) is 41.9 Å². The molecule has 1 aliphatic heterocycles. The van der Waals surface area contributed by atoms with Crippen LogP contribution in [0.2, 0.25) is 5.02 Å². The molecule has 2 aromatic carbocycles. The number of nitrogens with one attached hydrogen (secondary N) is 1. The third-order valence-corrected chi connectivity index (χ3v) is 3.64. The normalized spacial score (nSPS) is 18.3. The largest absolute Gasteiger partial charge is 0.492 e. The summed E-state index contributed by atoms with van der Waals surface area (Å²) in [7, 11) is 0. The van der Waals surface area contributed by atoms with E-state index in [1.807, 2.05) is 30.3 Å². The fourth-order valence-electron chi connectivity index (χ4n) is 2.33. The number of fused-ring (bicyclic) bond motifs is 1. The third-order valence-electron chi connectivity index (χ3n) is 3.39. The highest BCUT2D eigenvalue weighted by Gasteiger charge is 2.16. The number of hydrogen-bond donors (Lipinski definition) is 1. The van der Waals surface area contributed by atoms with E-state index in [2.05, 4.69) is 23.5 Å². The molecule has 1 atom stereocenters. The van der Waals surface area contributed by atoms with E-state index in [0.29, 0.717) is 12.6 Å². The maximum atomic E-state index is 5.90. The summed E-state index contributed by atoms with van der Waals surface area (Å²) in [6, 6.07) is 16.5. The van der Waals surface area contributed by atoms with Crippen LogP contribution >= 0.6 is 11.6 Å². The predicted octanol–water partition coefficient (Wildman–Crippen LogP) is 3.43. The second kappa shape index (κ2) is 5.64. The van der Waals surface area contributed by atoms with Crippen LogP contribution in [-0.2, 0) is 13.0 Å². The van der Waals surface area contributed by atoms with Crippen molar-refractivity contribution in [1.29, 1.82) is 0 Å². The van der Waals surface area contributed by atoms with E-state index in [0.717, 1.165) is 23.7 Å². The van der Waals surface area contributed by atoms with Crippen LogP contribution in [-0.4, -0.2) is 12.6 Å². The lowest BCUT2D eigenvalue weighted by Crippen LogP contribution is -2.34. The fourth-order valence-corrected chi connectivity index (χ4v) is 2.46. The fraction of sp³-hybridized carbons (Fsp3) is 0.250. The number of benzene rings is 2. The van der Waals surface area contributed by atoms with Crippen molar-refractivity contribution >= 4 is 11.6 Å². The minimum absolute atomic E-state index is 0.327. The minimum atomic E-state index is 0.327. The molecular formula is C16H16ClNO. The Hall–Kier alpha value is -1.51. The quantitative estimate of drug-likeness (QED) is 0.905. The van der Waals surface area contributed by atoms with E-state index in [9.17, 15) is 0 Å². The molecule has 0 spiro atoms. The number of hydrogen-bond acceptors (Lipinski definition) is 2. The summed E-state index contributed by atoms with van der Waals surface area (Å²) in [6.07, 6.45) is 0.950. The average molecular weight is 274 g/mol. The molecule has 1 heterocycles. The van der Waals surface area contributed by atoms with E-state index in [-0.39, 0.29) is 0 Å². The van der Waals surface area contributed by atoms with Crippen molar-refractivity contribution in [2.24, 2.45) is 0 Å². The number of halogens is 1. The Bertz CT molecular complexity index is 526. The van der Waals surface area contributed by atoms with Crippen molar-refractivity contribution in [3.63, 3.8) is 0 Å². The molecule has 3 rings (SSSR count). The maximum absolute atomic E-state index is 5.90. The molecule has 2 nitrogen and oxygen atoms in total. The molecule has 0 bridgehead atoms. The molecule has 2 aromatic rings. The van der Waals surface area contributed by atoms with Crippen LogP contribution in [0.4, 0.5) is 0 Å². The molecule has 1 unspecified atom stereocenters. The summed E-state index contributed by atoms with van der Waals surface area (Å²) >= 11 is 5.90. The molecular weight excluding hydrogens is 258 g/mol. The van der Waals surface area contributed by atoms with Crippen molar-refractivity contribution in [1.82, 2.24) is 5.32 Å². The second-order valence-corrected chi connectivity index (χ2v) is 5.26. The molecule has 0 amide bonds. The molecule has 19 heavy (non-hydrogen) atoms. The van der Waals surface area contributed by atoms with Crippen molar-refractivity contribution in [2.75, 3.05) is 6.61 Å². The van der Waals surface area contributed by atoms with Crippen LogP contribution < -0.4 is 10.1 Å². The molecule has 0 saturated heterocycles. The van der Waals surface area contributed by atoms with Crippen molar-refractivity contribution in [3.8, 4) is 5.75 Å². The Morgan fingerprint density at radius 3 is 2.74 bits per heavy atom. The standard InChI is InChI=1S/C16H16ClNO/c17-14-7-5-12(6-8-14)9-15-11-19-16-4-2-1-3-13(16)10-18-15/h1-8,15,18H,9-11H2. The summed E-state index contributed by atoms with van der Waals surface area (Å²) in [5, 5.41) is 4.32. The van der Waals surface area contributed by atoms with Crippen molar-refractivity contribution in [2.45, 2.75) is 19.0 Å². The SMILES string of the molecule is Clc1ccc(CC2COc3ccccc3CN2)cc1. The average Bonchev–Trinajstić information content (AvgIpc) is 2.64. The van der Waals surface area contributed by atoms with Crippen LogP contribution in [0, 0.1) is 0 Å². The molecule has 1 N–H and O–H groups in total. The molecule has 0 saturated carbocycles. The van der Waals surface area contributed by atoms with E-state index in [1.165, 1.54) is 11.1 Å². The van der Waals surface area contributed by atoms with Crippen LogP contribution in [0.1, 0.15) is 11.1 Å².